The second-order valence-corrected chi connectivity index (χ2v) is 10.5. The number of rotatable bonds is 5. The van der Waals surface area contributed by atoms with Crippen LogP contribution in [0.4, 0.5) is 15.8 Å². The Bertz CT molecular complexity index is 1460. The summed E-state index contributed by atoms with van der Waals surface area (Å²) in [5, 5.41) is 0.496. The standard InChI is InChI=1S/C27H26FN3O3S/c1-19-3-10-23(11-4-19)35(32,33)26-18-29-25-12-5-20(28)17-24(25)27(26)31-15-13-30(14-16-31)21-6-8-22(34-2)9-7-21/h3-12,17-18H,13-16H2,1-2H3. The minimum Gasteiger partial charge on any atom is -0.497 e. The van der Waals surface area contributed by atoms with Gasteiger partial charge >= 0.3 is 0 Å². The maximum Gasteiger partial charge on any atom is 0.210 e. The molecule has 0 N–H and O–H groups in total. The Kier molecular flexibility index (Phi) is 6.06. The first-order valence-electron chi connectivity index (χ1n) is 11.4. The zero-order chi connectivity index (χ0) is 24.6. The lowest BCUT2D eigenvalue weighted by Gasteiger charge is -2.38. The molecule has 2 heterocycles. The van der Waals surface area contributed by atoms with Crippen molar-refractivity contribution < 1.29 is 17.5 Å². The van der Waals surface area contributed by atoms with Gasteiger partial charge in [-0.15, -0.1) is 0 Å². The van der Waals surface area contributed by atoms with Gasteiger partial charge in [0.25, 0.3) is 0 Å². The van der Waals surface area contributed by atoms with Gasteiger partial charge < -0.3 is 14.5 Å². The first kappa shape index (κ1) is 23.1. The highest BCUT2D eigenvalue weighted by atomic mass is 32.2. The number of methoxy groups -OCH3 is 1. The molecular formula is C27H26FN3O3S. The van der Waals surface area contributed by atoms with Crippen molar-refractivity contribution in [3.05, 3.63) is 84.3 Å². The topological polar surface area (TPSA) is 62.7 Å². The summed E-state index contributed by atoms with van der Waals surface area (Å²) in [7, 11) is -2.23. The highest BCUT2D eigenvalue weighted by molar-refractivity contribution is 7.91. The first-order chi connectivity index (χ1) is 16.9. The SMILES string of the molecule is COc1ccc(N2CCN(c3c(S(=O)(=O)c4ccc(C)cc4)cnc4ccc(F)cc34)CC2)cc1. The van der Waals surface area contributed by atoms with Crippen molar-refractivity contribution in [3.8, 4) is 5.75 Å². The summed E-state index contributed by atoms with van der Waals surface area (Å²) in [6.45, 7) is 4.45. The van der Waals surface area contributed by atoms with E-state index in [1.807, 2.05) is 36.1 Å². The fraction of sp³-hybridized carbons (Fsp3) is 0.222. The van der Waals surface area contributed by atoms with Crippen LogP contribution in [0.25, 0.3) is 10.9 Å². The Hall–Kier alpha value is -3.65. The first-order valence-corrected chi connectivity index (χ1v) is 12.9. The minimum atomic E-state index is -3.87. The second-order valence-electron chi connectivity index (χ2n) is 8.62. The molecule has 0 radical (unpaired) electrons. The van der Waals surface area contributed by atoms with E-state index >= 15 is 0 Å². The van der Waals surface area contributed by atoms with Crippen LogP contribution in [0.3, 0.4) is 0 Å². The van der Waals surface area contributed by atoms with E-state index in [1.54, 1.807) is 37.4 Å². The third-order valence-corrected chi connectivity index (χ3v) is 8.19. The molecule has 1 aliphatic heterocycles. The number of benzene rings is 3. The van der Waals surface area contributed by atoms with Crippen molar-refractivity contribution in [2.24, 2.45) is 0 Å². The summed E-state index contributed by atoms with van der Waals surface area (Å²) in [5.41, 5.74) is 3.10. The Balaban J connectivity index is 1.54. The van der Waals surface area contributed by atoms with Gasteiger partial charge in [0.1, 0.15) is 16.5 Å². The summed E-state index contributed by atoms with van der Waals surface area (Å²) < 4.78 is 47.0. The quantitative estimate of drug-likeness (QED) is 0.398. The van der Waals surface area contributed by atoms with Gasteiger partial charge in [0.2, 0.25) is 9.84 Å². The number of aromatic nitrogens is 1. The van der Waals surface area contributed by atoms with E-state index in [-0.39, 0.29) is 9.79 Å². The van der Waals surface area contributed by atoms with Gasteiger partial charge in [-0.1, -0.05) is 17.7 Å². The monoisotopic (exact) mass is 491 g/mol. The molecule has 6 nitrogen and oxygen atoms in total. The van der Waals surface area contributed by atoms with E-state index in [4.69, 9.17) is 4.74 Å². The van der Waals surface area contributed by atoms with Crippen molar-refractivity contribution in [1.29, 1.82) is 0 Å². The van der Waals surface area contributed by atoms with Crippen molar-refractivity contribution in [3.63, 3.8) is 0 Å². The average molecular weight is 492 g/mol. The lowest BCUT2D eigenvalue weighted by atomic mass is 10.1. The van der Waals surface area contributed by atoms with Crippen molar-refractivity contribution >= 4 is 32.1 Å². The average Bonchev–Trinajstić information content (AvgIpc) is 2.88. The number of anilines is 2. The van der Waals surface area contributed by atoms with E-state index in [0.29, 0.717) is 42.8 Å². The third kappa shape index (κ3) is 4.41. The molecule has 0 spiro atoms. The van der Waals surface area contributed by atoms with Crippen LogP contribution in [-0.4, -0.2) is 46.7 Å². The molecule has 1 aromatic heterocycles. The summed E-state index contributed by atoms with van der Waals surface area (Å²) in [5.74, 6) is 0.367. The Morgan fingerprint density at radius 2 is 1.54 bits per heavy atom. The van der Waals surface area contributed by atoms with Crippen molar-refractivity contribution in [1.82, 2.24) is 4.98 Å². The molecule has 1 fully saturated rings. The number of ether oxygens (including phenoxy) is 1. The highest BCUT2D eigenvalue weighted by Crippen LogP contribution is 2.37. The molecule has 1 saturated heterocycles. The molecule has 8 heteroatoms. The number of pyridine rings is 1. The molecular weight excluding hydrogens is 465 g/mol. The molecule has 0 saturated carbocycles. The summed E-state index contributed by atoms with van der Waals surface area (Å²) in [6, 6.07) is 18.9. The normalized spacial score (nSPS) is 14.4. The van der Waals surface area contributed by atoms with Gasteiger partial charge in [-0.25, -0.2) is 12.8 Å². The molecule has 1 aliphatic rings. The number of nitrogens with zero attached hydrogens (tertiary/aromatic N) is 3. The summed E-state index contributed by atoms with van der Waals surface area (Å²) in [6.07, 6.45) is 1.40. The van der Waals surface area contributed by atoms with Crippen LogP contribution in [0.15, 0.2) is 82.7 Å². The number of sulfone groups is 1. The molecule has 0 amide bonds. The van der Waals surface area contributed by atoms with Gasteiger partial charge in [0.15, 0.2) is 0 Å². The summed E-state index contributed by atoms with van der Waals surface area (Å²) in [4.78, 5) is 8.94. The second kappa shape index (κ2) is 9.19. The summed E-state index contributed by atoms with van der Waals surface area (Å²) >= 11 is 0. The predicted octanol–water partition coefficient (Wildman–Crippen LogP) is 4.85. The molecule has 0 aliphatic carbocycles. The third-order valence-electron chi connectivity index (χ3n) is 6.42. The number of halogens is 1. The lowest BCUT2D eigenvalue weighted by Crippen LogP contribution is -2.47. The van der Waals surface area contributed by atoms with Crippen LogP contribution in [0.5, 0.6) is 5.75 Å². The van der Waals surface area contributed by atoms with Gasteiger partial charge in [-0.2, -0.15) is 0 Å². The molecule has 4 aromatic rings. The fourth-order valence-electron chi connectivity index (χ4n) is 4.48. The Morgan fingerprint density at radius 1 is 0.886 bits per heavy atom. The molecule has 0 atom stereocenters. The van der Waals surface area contributed by atoms with Gasteiger partial charge in [0, 0.05) is 43.4 Å². The molecule has 3 aromatic carbocycles. The van der Waals surface area contributed by atoms with E-state index in [2.05, 4.69) is 9.88 Å². The van der Waals surface area contributed by atoms with Crippen LogP contribution >= 0.6 is 0 Å². The van der Waals surface area contributed by atoms with E-state index in [1.165, 1.54) is 18.3 Å². The Morgan fingerprint density at radius 3 is 2.20 bits per heavy atom. The van der Waals surface area contributed by atoms with E-state index in [9.17, 15) is 12.8 Å². The maximum atomic E-state index is 14.3. The van der Waals surface area contributed by atoms with Crippen molar-refractivity contribution in [2.75, 3.05) is 43.1 Å². The maximum absolute atomic E-state index is 14.3. The van der Waals surface area contributed by atoms with Crippen LogP contribution in [0, 0.1) is 12.7 Å². The number of aryl methyl sites for hydroxylation is 1. The Labute approximate surface area is 204 Å². The lowest BCUT2D eigenvalue weighted by molar-refractivity contribution is 0.415. The number of hydrogen-bond donors (Lipinski definition) is 0. The molecule has 5 rings (SSSR count). The van der Waals surface area contributed by atoms with Crippen LogP contribution in [0.2, 0.25) is 0 Å². The smallest absolute Gasteiger partial charge is 0.210 e. The highest BCUT2D eigenvalue weighted by Gasteiger charge is 2.29. The number of piperazine rings is 1. The molecule has 0 unspecified atom stereocenters. The molecule has 0 bridgehead atoms. The number of hydrogen-bond acceptors (Lipinski definition) is 6. The van der Waals surface area contributed by atoms with Gasteiger partial charge in [-0.3, -0.25) is 4.98 Å². The zero-order valence-electron chi connectivity index (χ0n) is 19.6. The van der Waals surface area contributed by atoms with E-state index < -0.39 is 15.7 Å². The van der Waals surface area contributed by atoms with E-state index in [0.717, 1.165) is 17.0 Å². The minimum absolute atomic E-state index is 0.0948. The molecule has 35 heavy (non-hydrogen) atoms. The van der Waals surface area contributed by atoms with Gasteiger partial charge in [-0.05, 0) is 61.5 Å². The largest absolute Gasteiger partial charge is 0.497 e. The van der Waals surface area contributed by atoms with Crippen LogP contribution in [0.1, 0.15) is 5.56 Å². The zero-order valence-corrected chi connectivity index (χ0v) is 20.4. The van der Waals surface area contributed by atoms with Crippen LogP contribution < -0.4 is 14.5 Å². The fourth-order valence-corrected chi connectivity index (χ4v) is 5.91. The van der Waals surface area contributed by atoms with Gasteiger partial charge in [0.05, 0.1) is 23.2 Å². The predicted molar refractivity (Wildman–Crippen MR) is 136 cm³/mol. The van der Waals surface area contributed by atoms with Crippen molar-refractivity contribution in [2.45, 2.75) is 16.7 Å². The molecule has 180 valence electrons. The number of fused-ring (bicyclic) bond motifs is 1. The van der Waals surface area contributed by atoms with Crippen LogP contribution in [-0.2, 0) is 9.84 Å².